The number of carbonyl (C=O) groups is 2. The van der Waals surface area contributed by atoms with Crippen LogP contribution in [0.4, 0.5) is 5.69 Å². The molecule has 0 aliphatic carbocycles. The van der Waals surface area contributed by atoms with Crippen molar-refractivity contribution in [2.75, 3.05) is 18.0 Å². The number of imide groups is 1. The number of carbonyl (C=O) groups excluding carboxylic acids is 2. The van der Waals surface area contributed by atoms with Gasteiger partial charge in [-0.25, -0.2) is 4.90 Å². The van der Waals surface area contributed by atoms with Crippen LogP contribution in [-0.4, -0.2) is 42.0 Å². The van der Waals surface area contributed by atoms with Gasteiger partial charge in [-0.3, -0.25) is 9.59 Å². The summed E-state index contributed by atoms with van der Waals surface area (Å²) in [5.74, 6) is -0.522. The van der Waals surface area contributed by atoms with Crippen LogP contribution in [0.1, 0.15) is 41.7 Å². The minimum absolute atomic E-state index is 0.0183. The molecule has 2 heterocycles. The van der Waals surface area contributed by atoms with Gasteiger partial charge >= 0.3 is 0 Å². The number of ether oxygens (including phenoxy) is 1. The van der Waals surface area contributed by atoms with Crippen LogP contribution in [0.25, 0.3) is 5.57 Å². The largest absolute Gasteiger partial charge is 0.372 e. The lowest BCUT2D eigenvalue weighted by Crippen LogP contribution is -2.47. The Morgan fingerprint density at radius 1 is 0.806 bits per heavy atom. The monoisotopic (exact) mass is 418 g/mol. The number of hydrogen-bond donors (Lipinski definition) is 0. The SMILES string of the molecule is Cc1ccc(C2=C(N3CC(C)OC(C)C3)C(=O)N(c3ccc(C)c(C)c3)C2=O)c(C)c1. The van der Waals surface area contributed by atoms with Crippen LogP contribution < -0.4 is 4.90 Å². The molecule has 162 valence electrons. The highest BCUT2D eigenvalue weighted by Crippen LogP contribution is 2.37. The lowest BCUT2D eigenvalue weighted by Gasteiger charge is -2.37. The third-order valence-electron chi connectivity index (χ3n) is 6.20. The summed E-state index contributed by atoms with van der Waals surface area (Å²) in [5.41, 5.74) is 6.69. The lowest BCUT2D eigenvalue weighted by atomic mass is 9.97. The minimum Gasteiger partial charge on any atom is -0.372 e. The number of amides is 2. The molecule has 0 aromatic heterocycles. The van der Waals surface area contributed by atoms with Crippen molar-refractivity contribution in [2.24, 2.45) is 0 Å². The predicted molar refractivity (Wildman–Crippen MR) is 123 cm³/mol. The number of nitrogens with zero attached hydrogens (tertiary/aromatic N) is 2. The van der Waals surface area contributed by atoms with Gasteiger partial charge in [-0.15, -0.1) is 0 Å². The number of morpholine rings is 1. The van der Waals surface area contributed by atoms with Gasteiger partial charge < -0.3 is 9.64 Å². The lowest BCUT2D eigenvalue weighted by molar-refractivity contribution is -0.121. The zero-order valence-electron chi connectivity index (χ0n) is 19.2. The Labute approximate surface area is 184 Å². The van der Waals surface area contributed by atoms with Gasteiger partial charge in [0.05, 0.1) is 23.5 Å². The predicted octanol–water partition coefficient (Wildman–Crippen LogP) is 4.31. The highest BCUT2D eigenvalue weighted by atomic mass is 16.5. The van der Waals surface area contributed by atoms with Crippen molar-refractivity contribution < 1.29 is 14.3 Å². The molecule has 0 spiro atoms. The zero-order chi connectivity index (χ0) is 22.4. The molecule has 1 saturated heterocycles. The molecule has 2 aliphatic heterocycles. The van der Waals surface area contributed by atoms with E-state index < -0.39 is 0 Å². The van der Waals surface area contributed by atoms with Gasteiger partial charge in [-0.2, -0.15) is 0 Å². The van der Waals surface area contributed by atoms with Crippen LogP contribution in [0.2, 0.25) is 0 Å². The normalized spacial score (nSPS) is 22.0. The van der Waals surface area contributed by atoms with E-state index in [4.69, 9.17) is 4.74 Å². The topological polar surface area (TPSA) is 49.9 Å². The molecule has 4 rings (SSSR count). The van der Waals surface area contributed by atoms with Gasteiger partial charge in [0, 0.05) is 13.1 Å². The molecular formula is C26H30N2O3. The second kappa shape index (κ2) is 7.97. The van der Waals surface area contributed by atoms with Crippen LogP contribution in [0, 0.1) is 27.7 Å². The molecule has 2 unspecified atom stereocenters. The number of rotatable bonds is 3. The first kappa shape index (κ1) is 21.3. The van der Waals surface area contributed by atoms with Crippen LogP contribution in [-0.2, 0) is 14.3 Å². The van der Waals surface area contributed by atoms with Crippen molar-refractivity contribution in [1.29, 1.82) is 0 Å². The second-order valence-electron chi connectivity index (χ2n) is 8.92. The molecule has 2 aliphatic rings. The second-order valence-corrected chi connectivity index (χ2v) is 8.92. The number of hydrogen-bond acceptors (Lipinski definition) is 4. The van der Waals surface area contributed by atoms with Crippen LogP contribution in [0.5, 0.6) is 0 Å². The first-order valence-electron chi connectivity index (χ1n) is 10.9. The molecule has 2 atom stereocenters. The zero-order valence-corrected chi connectivity index (χ0v) is 19.2. The molecule has 1 fully saturated rings. The van der Waals surface area contributed by atoms with Crippen LogP contribution in [0.15, 0.2) is 42.1 Å². The van der Waals surface area contributed by atoms with Gasteiger partial charge in [0.15, 0.2) is 0 Å². The summed E-state index contributed by atoms with van der Waals surface area (Å²) in [4.78, 5) is 30.9. The van der Waals surface area contributed by atoms with E-state index >= 15 is 0 Å². The highest BCUT2D eigenvalue weighted by molar-refractivity contribution is 6.45. The number of aryl methyl sites for hydroxylation is 4. The molecule has 2 aromatic carbocycles. The van der Waals surface area contributed by atoms with Crippen molar-refractivity contribution in [2.45, 2.75) is 53.8 Å². The van der Waals surface area contributed by atoms with E-state index in [1.54, 1.807) is 0 Å². The van der Waals surface area contributed by atoms with Crippen molar-refractivity contribution in [3.8, 4) is 0 Å². The standard InChI is InChI=1S/C26H30N2O3/c1-15-7-10-22(18(4)11-15)23-24(27-13-19(5)31-20(6)14-27)26(30)28(25(23)29)21-9-8-16(2)17(3)12-21/h7-12,19-20H,13-14H2,1-6H3. The summed E-state index contributed by atoms with van der Waals surface area (Å²) in [6.45, 7) is 13.2. The average Bonchev–Trinajstić information content (AvgIpc) is 2.94. The summed E-state index contributed by atoms with van der Waals surface area (Å²) in [6, 6.07) is 11.7. The van der Waals surface area contributed by atoms with Gasteiger partial charge in [0.2, 0.25) is 0 Å². The summed E-state index contributed by atoms with van der Waals surface area (Å²) in [7, 11) is 0. The Bertz CT molecular complexity index is 1090. The molecule has 0 N–H and O–H groups in total. The Morgan fingerprint density at radius 2 is 1.48 bits per heavy atom. The highest BCUT2D eigenvalue weighted by Gasteiger charge is 2.44. The number of anilines is 1. The average molecular weight is 419 g/mol. The third-order valence-corrected chi connectivity index (χ3v) is 6.20. The Hall–Kier alpha value is -2.92. The summed E-state index contributed by atoms with van der Waals surface area (Å²) >= 11 is 0. The van der Waals surface area contributed by atoms with E-state index in [-0.39, 0.29) is 24.0 Å². The van der Waals surface area contributed by atoms with Crippen LogP contribution in [0.3, 0.4) is 0 Å². The van der Waals surface area contributed by atoms with Crippen molar-refractivity contribution in [1.82, 2.24) is 4.90 Å². The van der Waals surface area contributed by atoms with Gasteiger partial charge in [-0.05, 0) is 75.9 Å². The van der Waals surface area contributed by atoms with Crippen molar-refractivity contribution in [3.63, 3.8) is 0 Å². The first-order valence-corrected chi connectivity index (χ1v) is 10.9. The molecule has 5 heteroatoms. The molecule has 31 heavy (non-hydrogen) atoms. The number of benzene rings is 2. The fourth-order valence-corrected chi connectivity index (χ4v) is 4.61. The van der Waals surface area contributed by atoms with E-state index in [0.29, 0.717) is 30.0 Å². The molecule has 2 amide bonds. The van der Waals surface area contributed by atoms with Gasteiger partial charge in [-0.1, -0.05) is 29.8 Å². The van der Waals surface area contributed by atoms with E-state index in [1.165, 1.54) is 4.90 Å². The fraction of sp³-hybridized carbons (Fsp3) is 0.385. The van der Waals surface area contributed by atoms with Crippen LogP contribution >= 0.6 is 0 Å². The van der Waals surface area contributed by atoms with Crippen molar-refractivity contribution >= 4 is 23.1 Å². The molecular weight excluding hydrogens is 388 g/mol. The van der Waals surface area contributed by atoms with Gasteiger partial charge in [0.25, 0.3) is 11.8 Å². The molecule has 0 saturated carbocycles. The van der Waals surface area contributed by atoms with E-state index in [9.17, 15) is 9.59 Å². The summed E-state index contributed by atoms with van der Waals surface area (Å²) in [5, 5.41) is 0. The molecule has 0 radical (unpaired) electrons. The Morgan fingerprint density at radius 3 is 2.10 bits per heavy atom. The fourth-order valence-electron chi connectivity index (χ4n) is 4.61. The maximum absolute atomic E-state index is 13.8. The Balaban J connectivity index is 1.87. The quantitative estimate of drug-likeness (QED) is 0.697. The smallest absolute Gasteiger partial charge is 0.282 e. The molecule has 0 bridgehead atoms. The molecule has 5 nitrogen and oxygen atoms in total. The van der Waals surface area contributed by atoms with E-state index in [1.807, 2.05) is 76.8 Å². The Kier molecular flexibility index (Phi) is 5.48. The van der Waals surface area contributed by atoms with Crippen molar-refractivity contribution in [3.05, 3.63) is 69.9 Å². The van der Waals surface area contributed by atoms with E-state index in [2.05, 4.69) is 6.07 Å². The third kappa shape index (κ3) is 3.79. The molecule has 2 aromatic rings. The first-order chi connectivity index (χ1) is 14.7. The van der Waals surface area contributed by atoms with Gasteiger partial charge in [0.1, 0.15) is 5.70 Å². The maximum Gasteiger partial charge on any atom is 0.282 e. The van der Waals surface area contributed by atoms with E-state index in [0.717, 1.165) is 27.8 Å². The minimum atomic E-state index is -0.262. The summed E-state index contributed by atoms with van der Waals surface area (Å²) in [6.07, 6.45) is -0.0367. The summed E-state index contributed by atoms with van der Waals surface area (Å²) < 4.78 is 5.88. The maximum atomic E-state index is 13.8.